The van der Waals surface area contributed by atoms with Crippen LogP contribution in [0.5, 0.6) is 0 Å². The first-order valence-corrected chi connectivity index (χ1v) is 7.37. The van der Waals surface area contributed by atoms with Gasteiger partial charge in [0.05, 0.1) is 4.92 Å². The van der Waals surface area contributed by atoms with Crippen molar-refractivity contribution in [3.8, 4) is 0 Å². The molecule has 1 aromatic rings. The van der Waals surface area contributed by atoms with Gasteiger partial charge in [-0.2, -0.15) is 0 Å². The molecule has 2 rings (SSSR count). The molecule has 0 saturated carbocycles. The van der Waals surface area contributed by atoms with Gasteiger partial charge < -0.3 is 5.32 Å². The van der Waals surface area contributed by atoms with Crippen LogP contribution in [0.4, 0.5) is 10.1 Å². The lowest BCUT2D eigenvalue weighted by molar-refractivity contribution is -0.386. The first kappa shape index (κ1) is 22.1. The largest absolute Gasteiger partial charge is 0.314 e. The van der Waals surface area contributed by atoms with E-state index in [1.54, 1.807) is 0 Å². The molecule has 0 amide bonds. The molecule has 23 heavy (non-hydrogen) atoms. The molecular formula is C15H24Cl2FN3O2. The molecule has 0 aromatic heterocycles. The Labute approximate surface area is 148 Å². The SMILES string of the molecule is CC(C)C[C@@H](c1cc(F)ccc1[N+](=O)[O-])N1CCNCC1.Cl.Cl. The lowest BCUT2D eigenvalue weighted by Gasteiger charge is -2.35. The lowest BCUT2D eigenvalue weighted by atomic mass is 9.93. The third-order valence-electron chi connectivity index (χ3n) is 3.83. The van der Waals surface area contributed by atoms with Gasteiger partial charge in [-0.25, -0.2) is 4.39 Å². The maximum Gasteiger partial charge on any atom is 0.274 e. The zero-order chi connectivity index (χ0) is 15.4. The van der Waals surface area contributed by atoms with Gasteiger partial charge >= 0.3 is 0 Å². The molecule has 0 spiro atoms. The quantitative estimate of drug-likeness (QED) is 0.638. The van der Waals surface area contributed by atoms with Crippen LogP contribution >= 0.6 is 24.8 Å². The maximum absolute atomic E-state index is 13.6. The summed E-state index contributed by atoms with van der Waals surface area (Å²) in [6.45, 7) is 7.53. The van der Waals surface area contributed by atoms with Gasteiger partial charge in [-0.1, -0.05) is 13.8 Å². The van der Waals surface area contributed by atoms with Crippen molar-refractivity contribution in [3.63, 3.8) is 0 Å². The summed E-state index contributed by atoms with van der Waals surface area (Å²) >= 11 is 0. The standard InChI is InChI=1S/C15H22FN3O2.2ClH/c1-11(2)9-15(18-7-5-17-6-8-18)13-10-12(16)3-4-14(13)19(20)21;;/h3-4,10-11,15,17H,5-9H2,1-2H3;2*1H/t15-;;/m0../s1. The van der Waals surface area contributed by atoms with E-state index < -0.39 is 10.7 Å². The third-order valence-corrected chi connectivity index (χ3v) is 3.83. The molecule has 1 heterocycles. The average Bonchev–Trinajstić information content (AvgIpc) is 2.45. The van der Waals surface area contributed by atoms with Crippen LogP contribution in [0, 0.1) is 21.8 Å². The maximum atomic E-state index is 13.6. The van der Waals surface area contributed by atoms with Gasteiger partial charge in [-0.15, -0.1) is 24.8 Å². The highest BCUT2D eigenvalue weighted by molar-refractivity contribution is 5.85. The summed E-state index contributed by atoms with van der Waals surface area (Å²) in [4.78, 5) is 13.1. The summed E-state index contributed by atoms with van der Waals surface area (Å²) in [6, 6.07) is 3.65. The summed E-state index contributed by atoms with van der Waals surface area (Å²) in [5, 5.41) is 14.5. The van der Waals surface area contributed by atoms with Crippen molar-refractivity contribution in [1.82, 2.24) is 10.2 Å². The number of nitro groups is 1. The second-order valence-corrected chi connectivity index (χ2v) is 5.89. The number of halogens is 3. The Morgan fingerprint density at radius 3 is 2.43 bits per heavy atom. The monoisotopic (exact) mass is 367 g/mol. The van der Waals surface area contributed by atoms with Gasteiger partial charge in [-0.05, 0) is 24.5 Å². The van der Waals surface area contributed by atoms with Gasteiger partial charge in [0, 0.05) is 43.9 Å². The van der Waals surface area contributed by atoms with Crippen molar-refractivity contribution in [3.05, 3.63) is 39.7 Å². The molecule has 1 aliphatic heterocycles. The number of hydrogen-bond donors (Lipinski definition) is 1. The fraction of sp³-hybridized carbons (Fsp3) is 0.600. The molecule has 1 aliphatic rings. The van der Waals surface area contributed by atoms with Gasteiger partial charge in [-0.3, -0.25) is 15.0 Å². The van der Waals surface area contributed by atoms with E-state index in [1.165, 1.54) is 12.1 Å². The zero-order valence-electron chi connectivity index (χ0n) is 13.3. The van der Waals surface area contributed by atoms with Crippen molar-refractivity contribution in [2.75, 3.05) is 26.2 Å². The summed E-state index contributed by atoms with van der Waals surface area (Å²) in [7, 11) is 0. The van der Waals surface area contributed by atoms with Crippen LogP contribution < -0.4 is 5.32 Å². The second kappa shape index (κ2) is 10.0. The van der Waals surface area contributed by atoms with Gasteiger partial charge in [0.2, 0.25) is 0 Å². The molecule has 132 valence electrons. The van der Waals surface area contributed by atoms with Crippen molar-refractivity contribution < 1.29 is 9.31 Å². The smallest absolute Gasteiger partial charge is 0.274 e. The van der Waals surface area contributed by atoms with Crippen molar-refractivity contribution in [2.24, 2.45) is 5.92 Å². The number of nitro benzene ring substituents is 1. The van der Waals surface area contributed by atoms with E-state index in [-0.39, 0.29) is 36.5 Å². The number of hydrogen-bond acceptors (Lipinski definition) is 4. The molecule has 0 unspecified atom stereocenters. The van der Waals surface area contributed by atoms with Gasteiger partial charge in [0.15, 0.2) is 0 Å². The van der Waals surface area contributed by atoms with E-state index in [9.17, 15) is 14.5 Å². The Morgan fingerprint density at radius 2 is 1.91 bits per heavy atom. The first-order chi connectivity index (χ1) is 9.99. The molecule has 1 saturated heterocycles. The summed E-state index contributed by atoms with van der Waals surface area (Å²) < 4.78 is 13.6. The molecule has 0 bridgehead atoms. The van der Waals surface area contributed by atoms with E-state index in [2.05, 4.69) is 24.1 Å². The number of benzene rings is 1. The lowest BCUT2D eigenvalue weighted by Crippen LogP contribution is -2.45. The fourth-order valence-electron chi connectivity index (χ4n) is 2.87. The highest BCUT2D eigenvalue weighted by Crippen LogP contribution is 2.34. The van der Waals surface area contributed by atoms with Gasteiger partial charge in [0.1, 0.15) is 5.82 Å². The Morgan fingerprint density at radius 1 is 1.30 bits per heavy atom. The summed E-state index contributed by atoms with van der Waals surface area (Å²) in [5.74, 6) is -0.0350. The summed E-state index contributed by atoms with van der Waals surface area (Å²) in [5.41, 5.74) is 0.510. The second-order valence-electron chi connectivity index (χ2n) is 5.89. The molecule has 0 aliphatic carbocycles. The van der Waals surface area contributed by atoms with Crippen molar-refractivity contribution in [1.29, 1.82) is 0 Å². The molecular weight excluding hydrogens is 344 g/mol. The number of nitrogens with zero attached hydrogens (tertiary/aromatic N) is 2. The van der Waals surface area contributed by atoms with Gasteiger partial charge in [0.25, 0.3) is 5.69 Å². The van der Waals surface area contributed by atoms with Crippen molar-refractivity contribution in [2.45, 2.75) is 26.3 Å². The van der Waals surface area contributed by atoms with Crippen LogP contribution in [-0.4, -0.2) is 36.0 Å². The molecule has 5 nitrogen and oxygen atoms in total. The van der Waals surface area contributed by atoms with Crippen LogP contribution in [0.15, 0.2) is 18.2 Å². The summed E-state index contributed by atoms with van der Waals surface area (Å²) in [6.07, 6.45) is 0.782. The van der Waals surface area contributed by atoms with E-state index in [1.807, 2.05) is 0 Å². The van der Waals surface area contributed by atoms with E-state index in [0.29, 0.717) is 11.5 Å². The normalized spacial score (nSPS) is 16.3. The minimum absolute atomic E-state index is 0. The Hall–Kier alpha value is -0.950. The van der Waals surface area contributed by atoms with Crippen LogP contribution in [0.3, 0.4) is 0 Å². The number of rotatable bonds is 5. The Kier molecular flexibility index (Phi) is 9.61. The first-order valence-electron chi connectivity index (χ1n) is 7.37. The highest BCUT2D eigenvalue weighted by Gasteiger charge is 2.29. The number of piperazine rings is 1. The predicted octanol–water partition coefficient (Wildman–Crippen LogP) is 3.57. The molecule has 1 fully saturated rings. The van der Waals surface area contributed by atoms with Crippen molar-refractivity contribution >= 4 is 30.5 Å². The van der Waals surface area contributed by atoms with E-state index in [4.69, 9.17) is 0 Å². The Balaban J connectivity index is 0.00000242. The van der Waals surface area contributed by atoms with E-state index >= 15 is 0 Å². The molecule has 8 heteroatoms. The zero-order valence-corrected chi connectivity index (χ0v) is 15.0. The van der Waals surface area contributed by atoms with Crippen LogP contribution in [-0.2, 0) is 0 Å². The number of nitrogens with one attached hydrogen (secondary N) is 1. The minimum Gasteiger partial charge on any atom is -0.314 e. The minimum atomic E-state index is -0.417. The van der Waals surface area contributed by atoms with Crippen LogP contribution in [0.2, 0.25) is 0 Å². The highest BCUT2D eigenvalue weighted by atomic mass is 35.5. The molecule has 1 atom stereocenters. The third kappa shape index (κ3) is 5.88. The molecule has 1 N–H and O–H groups in total. The van der Waals surface area contributed by atoms with Crippen LogP contribution in [0.1, 0.15) is 31.9 Å². The molecule has 0 radical (unpaired) electrons. The van der Waals surface area contributed by atoms with Crippen LogP contribution in [0.25, 0.3) is 0 Å². The predicted molar refractivity (Wildman–Crippen MR) is 94.2 cm³/mol. The topological polar surface area (TPSA) is 58.4 Å². The Bertz CT molecular complexity index is 511. The van der Waals surface area contributed by atoms with E-state index in [0.717, 1.165) is 38.7 Å². The average molecular weight is 368 g/mol. The molecule has 1 aromatic carbocycles. The fourth-order valence-corrected chi connectivity index (χ4v) is 2.87.